The van der Waals surface area contributed by atoms with Crippen LogP contribution in [-0.2, 0) is 4.79 Å². The van der Waals surface area contributed by atoms with Crippen LogP contribution in [0.25, 0.3) is 16.6 Å². The molecular formula is C32H44N6O2. The van der Waals surface area contributed by atoms with Crippen molar-refractivity contribution >= 4 is 17.3 Å². The zero-order chi connectivity index (χ0) is 28.6. The topological polar surface area (TPSA) is 82.0 Å². The van der Waals surface area contributed by atoms with E-state index in [1.54, 1.807) is 6.20 Å². The maximum absolute atomic E-state index is 13.7. The van der Waals surface area contributed by atoms with E-state index in [1.165, 1.54) is 0 Å². The van der Waals surface area contributed by atoms with Gasteiger partial charge in [0.25, 0.3) is 5.91 Å². The summed E-state index contributed by atoms with van der Waals surface area (Å²) in [6.07, 6.45) is 9.02. The number of hydrogen-bond donors (Lipinski definition) is 2. The summed E-state index contributed by atoms with van der Waals surface area (Å²) in [4.78, 5) is 35.5. The summed E-state index contributed by atoms with van der Waals surface area (Å²) in [7, 11) is 4.33. The fraction of sp³-hybridized carbons (Fsp3) is 0.531. The molecule has 5 rings (SSSR count). The molecule has 2 fully saturated rings. The molecule has 0 aliphatic carbocycles. The highest BCUT2D eigenvalue weighted by Crippen LogP contribution is 2.33. The second-order valence-corrected chi connectivity index (χ2v) is 12.2. The van der Waals surface area contributed by atoms with E-state index < -0.39 is 0 Å². The van der Waals surface area contributed by atoms with Crippen LogP contribution in [0.1, 0.15) is 67.7 Å². The predicted molar refractivity (Wildman–Crippen MR) is 159 cm³/mol. The molecule has 214 valence electrons. The van der Waals surface area contributed by atoms with Gasteiger partial charge in [0.15, 0.2) is 0 Å². The molecule has 0 spiro atoms. The van der Waals surface area contributed by atoms with Crippen LogP contribution in [0.4, 0.5) is 0 Å². The first-order valence-electron chi connectivity index (χ1n) is 14.7. The lowest BCUT2D eigenvalue weighted by Gasteiger charge is -2.39. The maximum Gasteiger partial charge on any atom is 0.251 e. The lowest BCUT2D eigenvalue weighted by atomic mass is 9.84. The van der Waals surface area contributed by atoms with Crippen molar-refractivity contribution in [3.05, 3.63) is 59.7 Å². The molecule has 2 N–H and O–H groups in total. The highest BCUT2D eigenvalue weighted by molar-refractivity contribution is 5.97. The van der Waals surface area contributed by atoms with E-state index >= 15 is 0 Å². The van der Waals surface area contributed by atoms with E-state index in [2.05, 4.69) is 83.0 Å². The van der Waals surface area contributed by atoms with E-state index in [0.717, 1.165) is 60.3 Å². The molecule has 4 atom stereocenters. The van der Waals surface area contributed by atoms with Crippen LogP contribution in [-0.4, -0.2) is 76.8 Å². The van der Waals surface area contributed by atoms with Crippen molar-refractivity contribution in [1.82, 2.24) is 29.8 Å². The molecule has 5 heterocycles. The predicted octanol–water partition coefficient (Wildman–Crippen LogP) is 4.29. The molecule has 0 aromatic carbocycles. The van der Waals surface area contributed by atoms with Crippen LogP contribution in [0.5, 0.6) is 0 Å². The second-order valence-electron chi connectivity index (χ2n) is 12.2. The SMILES string of the molecule is Cc1c(C(=O)NCC2C(=O)NC(C)CC2C)cc2cc(-c3cccnc3)cn2c1C(C)N1CCC(N(C)C)CC1. The highest BCUT2D eigenvalue weighted by atomic mass is 16.2. The fourth-order valence-electron chi connectivity index (χ4n) is 6.76. The van der Waals surface area contributed by atoms with Gasteiger partial charge in [0.2, 0.25) is 5.91 Å². The number of piperidine rings is 2. The number of carbonyl (C=O) groups is 2. The van der Waals surface area contributed by atoms with Crippen LogP contribution in [0.15, 0.2) is 42.9 Å². The number of fused-ring (bicyclic) bond motifs is 1. The van der Waals surface area contributed by atoms with Crippen LogP contribution in [0.2, 0.25) is 0 Å². The van der Waals surface area contributed by atoms with Gasteiger partial charge in [-0.1, -0.05) is 13.0 Å². The molecule has 4 unspecified atom stereocenters. The monoisotopic (exact) mass is 544 g/mol. The van der Waals surface area contributed by atoms with Crippen molar-refractivity contribution in [2.75, 3.05) is 33.7 Å². The van der Waals surface area contributed by atoms with Gasteiger partial charge in [0.1, 0.15) is 0 Å². The number of likely N-dealkylation sites (tertiary alicyclic amines) is 1. The zero-order valence-corrected chi connectivity index (χ0v) is 24.8. The van der Waals surface area contributed by atoms with Gasteiger partial charge >= 0.3 is 0 Å². The Morgan fingerprint density at radius 2 is 1.95 bits per heavy atom. The largest absolute Gasteiger partial charge is 0.353 e. The van der Waals surface area contributed by atoms with Crippen molar-refractivity contribution in [2.24, 2.45) is 11.8 Å². The summed E-state index contributed by atoms with van der Waals surface area (Å²) in [5.41, 5.74) is 5.90. The van der Waals surface area contributed by atoms with Gasteiger partial charge in [-0.2, -0.15) is 0 Å². The third kappa shape index (κ3) is 5.65. The summed E-state index contributed by atoms with van der Waals surface area (Å²) in [6.45, 7) is 10.8. The number of nitrogens with one attached hydrogen (secondary N) is 2. The number of aromatic nitrogens is 2. The Balaban J connectivity index is 1.48. The third-order valence-electron chi connectivity index (χ3n) is 9.22. The molecule has 3 aromatic heterocycles. The van der Waals surface area contributed by atoms with Gasteiger partial charge in [-0.25, -0.2) is 0 Å². The van der Waals surface area contributed by atoms with Gasteiger partial charge in [0, 0.05) is 84.3 Å². The van der Waals surface area contributed by atoms with Crippen LogP contribution >= 0.6 is 0 Å². The van der Waals surface area contributed by atoms with Crippen molar-refractivity contribution in [3.63, 3.8) is 0 Å². The molecule has 2 aliphatic heterocycles. The normalized spacial score (nSPS) is 23.4. The first-order chi connectivity index (χ1) is 19.1. The number of rotatable bonds is 7. The summed E-state index contributed by atoms with van der Waals surface area (Å²) < 4.78 is 2.26. The van der Waals surface area contributed by atoms with Crippen LogP contribution in [0.3, 0.4) is 0 Å². The molecule has 0 radical (unpaired) electrons. The molecule has 2 saturated heterocycles. The Morgan fingerprint density at radius 1 is 1.20 bits per heavy atom. The zero-order valence-electron chi connectivity index (χ0n) is 24.8. The average molecular weight is 545 g/mol. The molecule has 8 nitrogen and oxygen atoms in total. The summed E-state index contributed by atoms with van der Waals surface area (Å²) in [5, 5.41) is 6.15. The smallest absolute Gasteiger partial charge is 0.251 e. The Kier molecular flexibility index (Phi) is 8.29. The highest BCUT2D eigenvalue weighted by Gasteiger charge is 2.33. The quantitative estimate of drug-likeness (QED) is 0.464. The number of hydrogen-bond acceptors (Lipinski definition) is 5. The van der Waals surface area contributed by atoms with Crippen LogP contribution in [0, 0.1) is 18.8 Å². The van der Waals surface area contributed by atoms with Crippen molar-refractivity contribution in [1.29, 1.82) is 0 Å². The van der Waals surface area contributed by atoms with Crippen molar-refractivity contribution < 1.29 is 9.59 Å². The third-order valence-corrected chi connectivity index (χ3v) is 9.22. The Bertz CT molecular complexity index is 1360. The minimum atomic E-state index is -0.217. The second kappa shape index (κ2) is 11.7. The Hall–Kier alpha value is -3.23. The summed E-state index contributed by atoms with van der Waals surface area (Å²) in [6, 6.07) is 9.06. The fourth-order valence-corrected chi connectivity index (χ4v) is 6.76. The van der Waals surface area contributed by atoms with Gasteiger partial charge in [-0.3, -0.25) is 19.5 Å². The number of carbonyl (C=O) groups excluding carboxylic acids is 2. The van der Waals surface area contributed by atoms with Gasteiger partial charge < -0.3 is 19.9 Å². The average Bonchev–Trinajstić information content (AvgIpc) is 3.36. The number of pyridine rings is 2. The van der Waals surface area contributed by atoms with E-state index in [-0.39, 0.29) is 35.7 Å². The lowest BCUT2D eigenvalue weighted by molar-refractivity contribution is -0.129. The molecular weight excluding hydrogens is 500 g/mol. The van der Waals surface area contributed by atoms with Gasteiger partial charge in [-0.15, -0.1) is 0 Å². The first-order valence-corrected chi connectivity index (χ1v) is 14.7. The van der Waals surface area contributed by atoms with E-state index in [9.17, 15) is 9.59 Å². The molecule has 2 aliphatic rings. The van der Waals surface area contributed by atoms with Gasteiger partial charge in [0.05, 0.1) is 5.92 Å². The molecule has 0 saturated carbocycles. The molecule has 8 heteroatoms. The molecule has 40 heavy (non-hydrogen) atoms. The summed E-state index contributed by atoms with van der Waals surface area (Å²) >= 11 is 0. The Morgan fingerprint density at radius 3 is 2.60 bits per heavy atom. The van der Waals surface area contributed by atoms with Crippen molar-refractivity contribution in [2.45, 2.75) is 65.1 Å². The molecule has 0 bridgehead atoms. The number of amides is 2. The Labute approximate surface area is 238 Å². The minimum Gasteiger partial charge on any atom is -0.353 e. The van der Waals surface area contributed by atoms with Crippen molar-refractivity contribution in [3.8, 4) is 11.1 Å². The van der Waals surface area contributed by atoms with E-state index in [0.29, 0.717) is 18.2 Å². The van der Waals surface area contributed by atoms with Crippen LogP contribution < -0.4 is 10.6 Å². The van der Waals surface area contributed by atoms with E-state index in [4.69, 9.17) is 0 Å². The molecule has 2 amide bonds. The maximum atomic E-state index is 13.7. The van der Waals surface area contributed by atoms with E-state index in [1.807, 2.05) is 25.3 Å². The van der Waals surface area contributed by atoms with Gasteiger partial charge in [-0.05, 0) is 83.8 Å². The first kappa shape index (κ1) is 28.3. The molecule has 3 aromatic rings. The number of nitrogens with zero attached hydrogens (tertiary/aromatic N) is 4. The minimum absolute atomic E-state index is 0.0295. The summed E-state index contributed by atoms with van der Waals surface area (Å²) in [5.74, 6) is -0.0867. The standard InChI is InChI=1S/C32H44N6O2/c1-20-14-21(2)35-32(40)29(20)18-34-31(39)28-16-27-15-25(24-8-7-11-33-17-24)19-38(27)30(22(28)3)23(4)37-12-9-26(10-13-37)36(5)6/h7-8,11,15-17,19-21,23,26,29H,9-10,12-14,18H2,1-6H3,(H,34,39)(H,35,40). The lowest BCUT2D eigenvalue weighted by Crippen LogP contribution is -2.50.